The molecule has 2 heterocycles. The SMILES string of the molecule is CC(=O)c1sc2[nH]c(=O)cc(N)c2c1-c1ccccc1. The number of carbonyl (C=O) groups is 1. The van der Waals surface area contributed by atoms with E-state index in [2.05, 4.69) is 4.98 Å². The third-order valence-electron chi connectivity index (χ3n) is 3.10. The summed E-state index contributed by atoms with van der Waals surface area (Å²) in [6.45, 7) is 1.52. The summed E-state index contributed by atoms with van der Waals surface area (Å²) in [5.41, 5.74) is 7.84. The predicted molar refractivity (Wildman–Crippen MR) is 82.3 cm³/mol. The van der Waals surface area contributed by atoms with Crippen LogP contribution in [0.5, 0.6) is 0 Å². The molecule has 0 atom stereocenters. The van der Waals surface area contributed by atoms with Gasteiger partial charge in [-0.2, -0.15) is 0 Å². The summed E-state index contributed by atoms with van der Waals surface area (Å²) in [6.07, 6.45) is 0. The average Bonchev–Trinajstić information content (AvgIpc) is 2.79. The van der Waals surface area contributed by atoms with E-state index in [9.17, 15) is 9.59 Å². The van der Waals surface area contributed by atoms with Crippen LogP contribution in [-0.4, -0.2) is 10.8 Å². The van der Waals surface area contributed by atoms with Crippen LogP contribution < -0.4 is 11.3 Å². The van der Waals surface area contributed by atoms with Crippen LogP contribution in [0.25, 0.3) is 21.3 Å². The number of thiophene rings is 1. The highest BCUT2D eigenvalue weighted by atomic mass is 32.1. The van der Waals surface area contributed by atoms with E-state index >= 15 is 0 Å². The van der Waals surface area contributed by atoms with Gasteiger partial charge in [0.15, 0.2) is 5.78 Å². The van der Waals surface area contributed by atoms with E-state index < -0.39 is 0 Å². The Morgan fingerprint density at radius 2 is 1.95 bits per heavy atom. The second-order valence-electron chi connectivity index (χ2n) is 4.52. The maximum Gasteiger partial charge on any atom is 0.251 e. The first-order valence-corrected chi connectivity index (χ1v) is 6.91. The van der Waals surface area contributed by atoms with Gasteiger partial charge in [-0.1, -0.05) is 30.3 Å². The second-order valence-corrected chi connectivity index (χ2v) is 5.54. The predicted octanol–water partition coefficient (Wildman–Crippen LogP) is 3.04. The Kier molecular flexibility index (Phi) is 2.91. The van der Waals surface area contributed by atoms with E-state index in [1.54, 1.807) is 0 Å². The molecule has 2 aromatic heterocycles. The number of rotatable bonds is 2. The lowest BCUT2D eigenvalue weighted by Crippen LogP contribution is -2.05. The summed E-state index contributed by atoms with van der Waals surface area (Å²) < 4.78 is 0. The van der Waals surface area contributed by atoms with Crippen LogP contribution >= 0.6 is 11.3 Å². The molecule has 5 heteroatoms. The van der Waals surface area contributed by atoms with E-state index in [1.165, 1.54) is 24.3 Å². The highest BCUT2D eigenvalue weighted by Gasteiger charge is 2.19. The summed E-state index contributed by atoms with van der Waals surface area (Å²) in [7, 11) is 0. The number of nitrogen functional groups attached to an aromatic ring is 1. The van der Waals surface area contributed by atoms with Gasteiger partial charge < -0.3 is 10.7 Å². The van der Waals surface area contributed by atoms with Crippen molar-refractivity contribution in [1.82, 2.24) is 4.98 Å². The molecule has 20 heavy (non-hydrogen) atoms. The lowest BCUT2D eigenvalue weighted by molar-refractivity contribution is 0.102. The third-order valence-corrected chi connectivity index (χ3v) is 4.31. The van der Waals surface area contributed by atoms with Gasteiger partial charge in [0, 0.05) is 22.7 Å². The minimum atomic E-state index is -0.258. The average molecular weight is 284 g/mol. The molecular weight excluding hydrogens is 272 g/mol. The Bertz CT molecular complexity index is 863. The second kappa shape index (κ2) is 4.61. The number of anilines is 1. The number of H-pyrrole nitrogens is 1. The number of hydrogen-bond donors (Lipinski definition) is 2. The molecule has 1 aromatic carbocycles. The molecule has 0 fully saturated rings. The molecule has 0 unspecified atom stereocenters. The van der Waals surface area contributed by atoms with Gasteiger partial charge in [-0.25, -0.2) is 0 Å². The van der Waals surface area contributed by atoms with Crippen molar-refractivity contribution in [3.63, 3.8) is 0 Å². The fourth-order valence-electron chi connectivity index (χ4n) is 2.28. The first-order chi connectivity index (χ1) is 9.58. The molecule has 0 radical (unpaired) electrons. The van der Waals surface area contributed by atoms with Gasteiger partial charge >= 0.3 is 0 Å². The minimum absolute atomic E-state index is 0.0368. The molecule has 0 aliphatic heterocycles. The zero-order valence-electron chi connectivity index (χ0n) is 10.8. The van der Waals surface area contributed by atoms with Crippen LogP contribution in [-0.2, 0) is 0 Å². The van der Waals surface area contributed by atoms with Gasteiger partial charge in [0.25, 0.3) is 5.56 Å². The third kappa shape index (κ3) is 1.92. The van der Waals surface area contributed by atoms with Gasteiger partial charge in [0.1, 0.15) is 4.83 Å². The maximum atomic E-state index is 11.9. The normalized spacial score (nSPS) is 10.8. The highest BCUT2D eigenvalue weighted by molar-refractivity contribution is 7.21. The number of carbonyl (C=O) groups excluding carboxylic acids is 1. The topological polar surface area (TPSA) is 76.0 Å². The van der Waals surface area contributed by atoms with Crippen molar-refractivity contribution in [2.75, 3.05) is 5.73 Å². The number of ketones is 1. The molecule has 0 aliphatic carbocycles. The molecule has 4 nitrogen and oxygen atoms in total. The molecule has 0 saturated heterocycles. The van der Waals surface area contributed by atoms with Crippen molar-refractivity contribution in [3.8, 4) is 11.1 Å². The van der Waals surface area contributed by atoms with Crippen molar-refractivity contribution in [2.45, 2.75) is 6.92 Å². The molecule has 3 aromatic rings. The van der Waals surface area contributed by atoms with Gasteiger partial charge in [-0.05, 0) is 12.5 Å². The van der Waals surface area contributed by atoms with Crippen LogP contribution in [0.4, 0.5) is 5.69 Å². The summed E-state index contributed by atoms with van der Waals surface area (Å²) in [6, 6.07) is 10.9. The van der Waals surface area contributed by atoms with Crippen LogP contribution in [0, 0.1) is 0 Å². The molecule has 3 rings (SSSR count). The lowest BCUT2D eigenvalue weighted by Gasteiger charge is -2.04. The van der Waals surface area contributed by atoms with E-state index in [-0.39, 0.29) is 11.3 Å². The zero-order chi connectivity index (χ0) is 14.3. The number of hydrogen-bond acceptors (Lipinski definition) is 4. The van der Waals surface area contributed by atoms with Gasteiger partial charge in [0.2, 0.25) is 0 Å². The van der Waals surface area contributed by atoms with E-state index in [4.69, 9.17) is 5.73 Å². The summed E-state index contributed by atoms with van der Waals surface area (Å²) in [4.78, 5) is 27.4. The number of aromatic nitrogens is 1. The number of pyridine rings is 1. The van der Waals surface area contributed by atoms with E-state index in [0.29, 0.717) is 15.4 Å². The summed E-state index contributed by atoms with van der Waals surface area (Å²) >= 11 is 1.27. The Morgan fingerprint density at radius 3 is 2.60 bits per heavy atom. The molecule has 0 amide bonds. The van der Waals surface area contributed by atoms with Crippen molar-refractivity contribution >= 4 is 33.0 Å². The number of fused-ring (bicyclic) bond motifs is 1. The molecule has 0 aliphatic rings. The smallest absolute Gasteiger partial charge is 0.251 e. The largest absolute Gasteiger partial charge is 0.398 e. The molecule has 0 saturated carbocycles. The number of nitrogens with two attached hydrogens (primary N) is 1. The van der Waals surface area contributed by atoms with Crippen LogP contribution in [0.3, 0.4) is 0 Å². The Balaban J connectivity index is 2.48. The van der Waals surface area contributed by atoms with Gasteiger partial charge in [0.05, 0.1) is 4.88 Å². The van der Waals surface area contributed by atoms with Crippen molar-refractivity contribution in [3.05, 3.63) is 51.6 Å². The first kappa shape index (κ1) is 12.6. The Morgan fingerprint density at radius 1 is 1.25 bits per heavy atom. The van der Waals surface area contributed by atoms with Crippen LogP contribution in [0.15, 0.2) is 41.2 Å². The van der Waals surface area contributed by atoms with E-state index in [1.807, 2.05) is 30.3 Å². The fourth-order valence-corrected chi connectivity index (χ4v) is 3.43. The zero-order valence-corrected chi connectivity index (χ0v) is 11.6. The lowest BCUT2D eigenvalue weighted by atomic mass is 10.0. The minimum Gasteiger partial charge on any atom is -0.398 e. The van der Waals surface area contributed by atoms with Crippen molar-refractivity contribution in [1.29, 1.82) is 0 Å². The van der Waals surface area contributed by atoms with Crippen LogP contribution in [0.1, 0.15) is 16.6 Å². The number of nitrogens with one attached hydrogen (secondary N) is 1. The van der Waals surface area contributed by atoms with Crippen LogP contribution in [0.2, 0.25) is 0 Å². The maximum absolute atomic E-state index is 11.9. The Labute approximate surface area is 118 Å². The molecule has 0 spiro atoms. The van der Waals surface area contributed by atoms with E-state index in [0.717, 1.165) is 16.5 Å². The summed E-state index contributed by atoms with van der Waals surface area (Å²) in [5.74, 6) is -0.0368. The van der Waals surface area contributed by atoms with Gasteiger partial charge in [-0.15, -0.1) is 11.3 Å². The molecule has 3 N–H and O–H groups in total. The monoisotopic (exact) mass is 284 g/mol. The molecule has 0 bridgehead atoms. The van der Waals surface area contributed by atoms with Gasteiger partial charge in [-0.3, -0.25) is 9.59 Å². The highest BCUT2D eigenvalue weighted by Crippen LogP contribution is 2.40. The molecule has 100 valence electrons. The quantitative estimate of drug-likeness (QED) is 0.710. The standard InChI is InChI=1S/C15H12N2O2S/c1-8(18)14-12(9-5-3-2-4-6-9)13-10(16)7-11(19)17-15(13)20-14/h2-7H,1H3,(H3,16,17,19). The fraction of sp³-hybridized carbons (Fsp3) is 0.0667. The van der Waals surface area contributed by atoms with Crippen molar-refractivity contribution in [2.24, 2.45) is 0 Å². The molecular formula is C15H12N2O2S. The number of benzene rings is 1. The summed E-state index contributed by atoms with van der Waals surface area (Å²) in [5, 5.41) is 0.742. The van der Waals surface area contributed by atoms with Crippen molar-refractivity contribution < 1.29 is 4.79 Å². The number of Topliss-reactive ketones (excluding diaryl/α,β-unsaturated/α-hetero) is 1. The Hall–Kier alpha value is -2.40. The number of aromatic amines is 1. The first-order valence-electron chi connectivity index (χ1n) is 6.09.